The molecule has 0 spiro atoms. The van der Waals surface area contributed by atoms with Crippen molar-refractivity contribution in [2.45, 2.75) is 33.3 Å². The quantitative estimate of drug-likeness (QED) is 0.788. The smallest absolute Gasteiger partial charge is 0.260 e. The van der Waals surface area contributed by atoms with Crippen molar-refractivity contribution in [3.63, 3.8) is 0 Å². The van der Waals surface area contributed by atoms with Gasteiger partial charge < -0.3 is 14.8 Å². The van der Waals surface area contributed by atoms with E-state index in [0.29, 0.717) is 18.9 Å². The van der Waals surface area contributed by atoms with Crippen LogP contribution in [0.15, 0.2) is 12.1 Å². The molecule has 1 atom stereocenters. The van der Waals surface area contributed by atoms with Gasteiger partial charge in [-0.3, -0.25) is 4.79 Å². The molecule has 0 saturated carbocycles. The highest BCUT2D eigenvalue weighted by Crippen LogP contribution is 2.26. The molecule has 0 heterocycles. The van der Waals surface area contributed by atoms with Crippen LogP contribution in [0.25, 0.3) is 0 Å². The molecule has 0 aromatic heterocycles. The molecule has 1 aromatic rings. The van der Waals surface area contributed by atoms with Crippen molar-refractivity contribution in [1.82, 2.24) is 5.32 Å². The van der Waals surface area contributed by atoms with Gasteiger partial charge in [-0.1, -0.05) is 11.6 Å². The lowest BCUT2D eigenvalue weighted by atomic mass is 10.1. The molecule has 0 bridgehead atoms. The summed E-state index contributed by atoms with van der Waals surface area (Å²) in [6, 6.07) is 3.67. The molecule has 1 unspecified atom stereocenters. The van der Waals surface area contributed by atoms with Crippen LogP contribution < -0.4 is 10.1 Å². The summed E-state index contributed by atoms with van der Waals surface area (Å²) < 4.78 is 10.6. The highest BCUT2D eigenvalue weighted by atomic mass is 35.5. The first kappa shape index (κ1) is 16.8. The molecule has 0 aliphatic rings. The van der Waals surface area contributed by atoms with E-state index in [1.54, 1.807) is 14.0 Å². The third-order valence-electron chi connectivity index (χ3n) is 2.92. The maximum atomic E-state index is 11.8. The normalized spacial score (nSPS) is 12.1. The molecule has 1 aromatic carbocycles. The molecule has 0 aliphatic carbocycles. The fourth-order valence-electron chi connectivity index (χ4n) is 1.80. The fraction of sp³-hybridized carbons (Fsp3) is 0.533. The van der Waals surface area contributed by atoms with Crippen LogP contribution in [-0.2, 0) is 9.53 Å². The van der Waals surface area contributed by atoms with Gasteiger partial charge in [-0.15, -0.1) is 0 Å². The highest BCUT2D eigenvalue weighted by Gasteiger charge is 2.15. The van der Waals surface area contributed by atoms with E-state index in [-0.39, 0.29) is 5.91 Å². The summed E-state index contributed by atoms with van der Waals surface area (Å²) in [7, 11) is 1.64. The van der Waals surface area contributed by atoms with Gasteiger partial charge in [0, 0.05) is 25.3 Å². The number of rotatable bonds is 7. The average molecular weight is 300 g/mol. The first-order valence-corrected chi connectivity index (χ1v) is 7.03. The Kier molecular flexibility index (Phi) is 6.82. The summed E-state index contributed by atoms with van der Waals surface area (Å²) in [5.41, 5.74) is 1.88. The lowest BCUT2D eigenvalue weighted by Crippen LogP contribution is -2.37. The first-order chi connectivity index (χ1) is 9.45. The van der Waals surface area contributed by atoms with E-state index in [1.165, 1.54) is 0 Å². The van der Waals surface area contributed by atoms with Crippen LogP contribution in [0.3, 0.4) is 0 Å². The van der Waals surface area contributed by atoms with E-state index in [0.717, 1.165) is 22.6 Å². The third kappa shape index (κ3) is 5.02. The van der Waals surface area contributed by atoms with E-state index in [1.807, 2.05) is 26.0 Å². The standard InChI is InChI=1S/C15H22ClNO3/c1-10-8-13(9-11(2)14(10)16)20-12(3)15(18)17-6-5-7-19-4/h8-9,12H,5-7H2,1-4H3,(H,17,18). The Morgan fingerprint density at radius 2 is 1.95 bits per heavy atom. The third-order valence-corrected chi connectivity index (χ3v) is 3.51. The Morgan fingerprint density at radius 3 is 2.50 bits per heavy atom. The monoisotopic (exact) mass is 299 g/mol. The fourth-order valence-corrected chi connectivity index (χ4v) is 1.91. The van der Waals surface area contributed by atoms with E-state index in [9.17, 15) is 4.79 Å². The number of carbonyl (C=O) groups is 1. The minimum Gasteiger partial charge on any atom is -0.481 e. The second-order valence-corrected chi connectivity index (χ2v) is 5.15. The predicted molar refractivity (Wildman–Crippen MR) is 80.5 cm³/mol. The Hall–Kier alpha value is -1.26. The topological polar surface area (TPSA) is 47.6 Å². The van der Waals surface area contributed by atoms with Crippen LogP contribution in [0, 0.1) is 13.8 Å². The number of nitrogens with one attached hydrogen (secondary N) is 1. The minimum atomic E-state index is -0.544. The summed E-state index contributed by atoms with van der Waals surface area (Å²) in [6.45, 7) is 6.77. The Balaban J connectivity index is 2.53. The van der Waals surface area contributed by atoms with Crippen LogP contribution in [0.5, 0.6) is 5.75 Å². The molecule has 20 heavy (non-hydrogen) atoms. The van der Waals surface area contributed by atoms with Gasteiger partial charge in [0.05, 0.1) is 0 Å². The van der Waals surface area contributed by atoms with Crippen molar-refractivity contribution in [2.75, 3.05) is 20.3 Å². The lowest BCUT2D eigenvalue weighted by molar-refractivity contribution is -0.127. The molecule has 4 nitrogen and oxygen atoms in total. The van der Waals surface area contributed by atoms with Crippen LogP contribution in [0.4, 0.5) is 0 Å². The minimum absolute atomic E-state index is 0.133. The van der Waals surface area contributed by atoms with Crippen molar-refractivity contribution < 1.29 is 14.3 Å². The van der Waals surface area contributed by atoms with Crippen molar-refractivity contribution >= 4 is 17.5 Å². The zero-order valence-electron chi connectivity index (χ0n) is 12.5. The number of halogens is 1. The van der Waals surface area contributed by atoms with E-state index in [4.69, 9.17) is 21.1 Å². The van der Waals surface area contributed by atoms with Gasteiger partial charge in [-0.2, -0.15) is 0 Å². The summed E-state index contributed by atoms with van der Waals surface area (Å²) in [5, 5.41) is 3.54. The number of aryl methyl sites for hydroxylation is 2. The largest absolute Gasteiger partial charge is 0.481 e. The summed E-state index contributed by atoms with van der Waals surface area (Å²) in [5.74, 6) is 0.523. The number of benzene rings is 1. The number of amides is 1. The average Bonchev–Trinajstić information content (AvgIpc) is 2.40. The van der Waals surface area contributed by atoms with Gasteiger partial charge in [0.1, 0.15) is 5.75 Å². The molecule has 0 fully saturated rings. The Bertz CT molecular complexity index is 439. The summed E-state index contributed by atoms with van der Waals surface area (Å²) in [4.78, 5) is 11.8. The second-order valence-electron chi connectivity index (χ2n) is 4.77. The van der Waals surface area contributed by atoms with Crippen LogP contribution in [0.2, 0.25) is 5.02 Å². The number of hydrogen-bond donors (Lipinski definition) is 1. The molecular formula is C15H22ClNO3. The van der Waals surface area contributed by atoms with Gasteiger partial charge in [0.15, 0.2) is 6.10 Å². The highest BCUT2D eigenvalue weighted by molar-refractivity contribution is 6.32. The van der Waals surface area contributed by atoms with Gasteiger partial charge in [-0.05, 0) is 50.5 Å². The molecule has 1 amide bonds. The van der Waals surface area contributed by atoms with Crippen LogP contribution >= 0.6 is 11.6 Å². The number of methoxy groups -OCH3 is 1. The predicted octanol–water partition coefficient (Wildman–Crippen LogP) is 2.88. The number of hydrogen-bond acceptors (Lipinski definition) is 3. The lowest BCUT2D eigenvalue weighted by Gasteiger charge is -2.16. The van der Waals surface area contributed by atoms with Gasteiger partial charge >= 0.3 is 0 Å². The van der Waals surface area contributed by atoms with Crippen molar-refractivity contribution in [3.05, 3.63) is 28.3 Å². The van der Waals surface area contributed by atoms with Crippen molar-refractivity contribution in [2.24, 2.45) is 0 Å². The number of ether oxygens (including phenoxy) is 2. The summed E-state index contributed by atoms with van der Waals surface area (Å²) in [6.07, 6.45) is 0.242. The molecule has 0 aliphatic heterocycles. The van der Waals surface area contributed by atoms with Crippen LogP contribution in [0.1, 0.15) is 24.5 Å². The zero-order valence-corrected chi connectivity index (χ0v) is 13.2. The first-order valence-electron chi connectivity index (χ1n) is 6.65. The molecule has 1 N–H and O–H groups in total. The van der Waals surface area contributed by atoms with Crippen molar-refractivity contribution in [1.29, 1.82) is 0 Å². The van der Waals surface area contributed by atoms with E-state index >= 15 is 0 Å². The molecule has 112 valence electrons. The molecule has 5 heteroatoms. The van der Waals surface area contributed by atoms with E-state index < -0.39 is 6.10 Å². The van der Waals surface area contributed by atoms with Gasteiger partial charge in [0.2, 0.25) is 0 Å². The van der Waals surface area contributed by atoms with E-state index in [2.05, 4.69) is 5.32 Å². The van der Waals surface area contributed by atoms with Gasteiger partial charge in [0.25, 0.3) is 5.91 Å². The van der Waals surface area contributed by atoms with Crippen LogP contribution in [-0.4, -0.2) is 32.3 Å². The Morgan fingerprint density at radius 1 is 1.35 bits per heavy atom. The zero-order chi connectivity index (χ0) is 15.1. The molecule has 0 radical (unpaired) electrons. The van der Waals surface area contributed by atoms with Crippen molar-refractivity contribution in [3.8, 4) is 5.75 Å². The maximum absolute atomic E-state index is 11.8. The Labute approximate surface area is 125 Å². The molecule has 1 rings (SSSR count). The summed E-state index contributed by atoms with van der Waals surface area (Å²) >= 11 is 6.10. The maximum Gasteiger partial charge on any atom is 0.260 e. The molecular weight excluding hydrogens is 278 g/mol. The van der Waals surface area contributed by atoms with Gasteiger partial charge in [-0.25, -0.2) is 0 Å². The SMILES string of the molecule is COCCCNC(=O)C(C)Oc1cc(C)c(Cl)c(C)c1. The molecule has 0 saturated heterocycles. The second kappa shape index (κ2) is 8.12. The number of carbonyl (C=O) groups excluding carboxylic acids is 1.